The van der Waals surface area contributed by atoms with Crippen LogP contribution in [-0.2, 0) is 4.84 Å². The topological polar surface area (TPSA) is 12.5 Å². The van der Waals surface area contributed by atoms with Crippen LogP contribution in [0.25, 0.3) is 10.8 Å². The highest BCUT2D eigenvalue weighted by molar-refractivity contribution is 14.1. The quantitative estimate of drug-likeness (QED) is 0.606. The number of rotatable bonds is 2. The standard InChI is InChI=1S/C16H17BrINO/c1-20-19-8-6-11(7-9-19)15-14(18)10-12-4-2-3-5-13(12)16(15)17/h2-5,10-11H,6-9H2,1H3. The molecule has 1 aliphatic rings. The smallest absolute Gasteiger partial charge is 0.0575 e. The van der Waals surface area contributed by atoms with Crippen LogP contribution in [-0.4, -0.2) is 25.3 Å². The fourth-order valence-corrected chi connectivity index (χ4v) is 5.30. The Morgan fingerprint density at radius 2 is 1.95 bits per heavy atom. The Bertz CT molecular complexity index is 623. The van der Waals surface area contributed by atoms with Crippen molar-refractivity contribution in [1.82, 2.24) is 5.06 Å². The summed E-state index contributed by atoms with van der Waals surface area (Å²) in [6, 6.07) is 10.9. The number of hydrogen-bond acceptors (Lipinski definition) is 2. The van der Waals surface area contributed by atoms with Gasteiger partial charge in [-0.2, -0.15) is 5.06 Å². The van der Waals surface area contributed by atoms with Crippen molar-refractivity contribution in [1.29, 1.82) is 0 Å². The summed E-state index contributed by atoms with van der Waals surface area (Å²) in [7, 11) is 1.76. The molecule has 4 heteroatoms. The second-order valence-corrected chi connectivity index (χ2v) is 7.15. The van der Waals surface area contributed by atoms with Crippen LogP contribution in [0.3, 0.4) is 0 Å². The third-order valence-electron chi connectivity index (χ3n) is 4.09. The van der Waals surface area contributed by atoms with Crippen molar-refractivity contribution < 1.29 is 4.84 Å². The van der Waals surface area contributed by atoms with E-state index in [0.717, 1.165) is 25.9 Å². The van der Waals surface area contributed by atoms with Crippen molar-refractivity contribution in [3.8, 4) is 0 Å². The third-order valence-corrected chi connectivity index (χ3v) is 5.84. The van der Waals surface area contributed by atoms with Crippen LogP contribution in [0.15, 0.2) is 34.8 Å². The SMILES string of the molecule is CON1CCC(c2c(I)cc3ccccc3c2Br)CC1. The van der Waals surface area contributed by atoms with E-state index in [9.17, 15) is 0 Å². The van der Waals surface area contributed by atoms with E-state index in [1.165, 1.54) is 24.4 Å². The van der Waals surface area contributed by atoms with Gasteiger partial charge in [0.05, 0.1) is 7.11 Å². The highest BCUT2D eigenvalue weighted by Gasteiger charge is 2.24. The van der Waals surface area contributed by atoms with E-state index in [0.29, 0.717) is 5.92 Å². The van der Waals surface area contributed by atoms with Crippen LogP contribution in [0.2, 0.25) is 0 Å². The van der Waals surface area contributed by atoms with Gasteiger partial charge in [-0.25, -0.2) is 0 Å². The van der Waals surface area contributed by atoms with Gasteiger partial charge in [-0.3, -0.25) is 0 Å². The van der Waals surface area contributed by atoms with Crippen molar-refractivity contribution in [2.45, 2.75) is 18.8 Å². The summed E-state index contributed by atoms with van der Waals surface area (Å²) in [5, 5.41) is 4.68. The van der Waals surface area contributed by atoms with E-state index in [-0.39, 0.29) is 0 Å². The fourth-order valence-electron chi connectivity index (χ4n) is 2.99. The van der Waals surface area contributed by atoms with E-state index in [1.807, 2.05) is 0 Å². The normalized spacial score (nSPS) is 17.8. The van der Waals surface area contributed by atoms with Crippen molar-refractivity contribution in [3.05, 3.63) is 43.9 Å². The van der Waals surface area contributed by atoms with Gasteiger partial charge in [0, 0.05) is 21.1 Å². The lowest BCUT2D eigenvalue weighted by molar-refractivity contribution is -0.143. The van der Waals surface area contributed by atoms with Crippen LogP contribution in [0, 0.1) is 3.57 Å². The van der Waals surface area contributed by atoms with Gasteiger partial charge in [0.2, 0.25) is 0 Å². The molecule has 0 amide bonds. The van der Waals surface area contributed by atoms with Crippen molar-refractivity contribution >= 4 is 49.3 Å². The molecule has 0 atom stereocenters. The third kappa shape index (κ3) is 2.75. The van der Waals surface area contributed by atoms with Crippen LogP contribution >= 0.6 is 38.5 Å². The van der Waals surface area contributed by atoms with E-state index >= 15 is 0 Å². The number of benzene rings is 2. The Hall–Kier alpha value is -0.170. The van der Waals surface area contributed by atoms with Crippen molar-refractivity contribution in [3.63, 3.8) is 0 Å². The highest BCUT2D eigenvalue weighted by atomic mass is 127. The van der Waals surface area contributed by atoms with Gasteiger partial charge in [0.1, 0.15) is 0 Å². The Morgan fingerprint density at radius 1 is 1.25 bits per heavy atom. The van der Waals surface area contributed by atoms with Gasteiger partial charge in [0.25, 0.3) is 0 Å². The minimum atomic E-state index is 0.618. The second-order valence-electron chi connectivity index (χ2n) is 5.19. The highest BCUT2D eigenvalue weighted by Crippen LogP contribution is 2.40. The average Bonchev–Trinajstić information content (AvgIpc) is 2.48. The summed E-state index contributed by atoms with van der Waals surface area (Å²) >= 11 is 6.33. The van der Waals surface area contributed by atoms with Gasteiger partial charge >= 0.3 is 0 Å². The lowest BCUT2D eigenvalue weighted by Gasteiger charge is -2.31. The molecule has 1 saturated heterocycles. The van der Waals surface area contributed by atoms with Crippen LogP contribution in [0.5, 0.6) is 0 Å². The average molecular weight is 446 g/mol. The van der Waals surface area contributed by atoms with Gasteiger partial charge < -0.3 is 4.84 Å². The Labute approximate surface area is 141 Å². The Morgan fingerprint density at radius 3 is 2.65 bits per heavy atom. The maximum Gasteiger partial charge on any atom is 0.0575 e. The van der Waals surface area contributed by atoms with Crippen molar-refractivity contribution in [2.75, 3.05) is 20.2 Å². The van der Waals surface area contributed by atoms with Crippen LogP contribution in [0.4, 0.5) is 0 Å². The van der Waals surface area contributed by atoms with Crippen LogP contribution < -0.4 is 0 Å². The number of piperidine rings is 1. The zero-order valence-electron chi connectivity index (χ0n) is 11.4. The summed E-state index contributed by atoms with van der Waals surface area (Å²) in [5.41, 5.74) is 1.47. The second kappa shape index (κ2) is 6.30. The molecule has 0 spiro atoms. The van der Waals surface area contributed by atoms with Gasteiger partial charge in [-0.05, 0) is 79.7 Å². The molecule has 106 valence electrons. The summed E-state index contributed by atoms with van der Waals surface area (Å²) in [6.45, 7) is 2.02. The molecule has 3 rings (SSSR count). The molecule has 0 unspecified atom stereocenters. The molecular formula is C16H17BrINO. The summed E-state index contributed by atoms with van der Waals surface area (Å²) < 4.78 is 2.64. The minimum Gasteiger partial charge on any atom is -0.302 e. The van der Waals surface area contributed by atoms with E-state index in [2.05, 4.69) is 73.9 Å². The maximum atomic E-state index is 5.33. The lowest BCUT2D eigenvalue weighted by atomic mass is 9.89. The Kier molecular flexibility index (Phi) is 4.65. The first-order valence-electron chi connectivity index (χ1n) is 6.86. The first-order chi connectivity index (χ1) is 9.70. The number of fused-ring (bicyclic) bond motifs is 1. The zero-order valence-corrected chi connectivity index (χ0v) is 15.1. The molecule has 0 radical (unpaired) electrons. The molecule has 0 bridgehead atoms. The lowest BCUT2D eigenvalue weighted by Crippen LogP contribution is -2.32. The zero-order chi connectivity index (χ0) is 14.1. The number of nitrogens with zero attached hydrogens (tertiary/aromatic N) is 1. The molecule has 0 saturated carbocycles. The monoisotopic (exact) mass is 445 g/mol. The number of hydrogen-bond donors (Lipinski definition) is 0. The van der Waals surface area contributed by atoms with Crippen molar-refractivity contribution in [2.24, 2.45) is 0 Å². The molecule has 2 aromatic rings. The summed E-state index contributed by atoms with van der Waals surface area (Å²) in [6.07, 6.45) is 2.31. The van der Waals surface area contributed by atoms with Gasteiger partial charge in [0.15, 0.2) is 0 Å². The van der Waals surface area contributed by atoms with Crippen LogP contribution in [0.1, 0.15) is 24.3 Å². The summed E-state index contributed by atoms with van der Waals surface area (Å²) in [5.74, 6) is 0.618. The molecule has 0 aliphatic carbocycles. The number of hydroxylamine groups is 2. The molecular weight excluding hydrogens is 429 g/mol. The summed E-state index contributed by atoms with van der Waals surface area (Å²) in [4.78, 5) is 5.33. The van der Waals surface area contributed by atoms with Gasteiger partial charge in [-0.1, -0.05) is 24.3 Å². The molecule has 20 heavy (non-hydrogen) atoms. The minimum absolute atomic E-state index is 0.618. The van der Waals surface area contributed by atoms with Gasteiger partial charge in [-0.15, -0.1) is 0 Å². The molecule has 1 fully saturated rings. The molecule has 2 aromatic carbocycles. The first kappa shape index (κ1) is 14.8. The predicted octanol–water partition coefficient (Wildman–Crippen LogP) is 4.95. The molecule has 0 N–H and O–H groups in total. The number of halogens is 2. The molecule has 1 aliphatic heterocycles. The molecule has 0 aromatic heterocycles. The van der Waals surface area contributed by atoms with E-state index < -0.39 is 0 Å². The first-order valence-corrected chi connectivity index (χ1v) is 8.73. The van der Waals surface area contributed by atoms with E-state index in [4.69, 9.17) is 4.84 Å². The Balaban J connectivity index is 1.99. The molecule has 2 nitrogen and oxygen atoms in total. The maximum absolute atomic E-state index is 5.33. The fraction of sp³-hybridized carbons (Fsp3) is 0.375. The predicted molar refractivity (Wildman–Crippen MR) is 94.9 cm³/mol. The van der Waals surface area contributed by atoms with E-state index in [1.54, 1.807) is 7.11 Å². The molecule has 1 heterocycles. The largest absolute Gasteiger partial charge is 0.302 e.